The number of nitrogens with zero attached hydrogens (tertiary/aromatic N) is 2. The third-order valence-electron chi connectivity index (χ3n) is 2.99. The molecule has 1 aliphatic heterocycles. The van der Waals surface area contributed by atoms with Crippen molar-refractivity contribution in [3.05, 3.63) is 66.5 Å². The van der Waals surface area contributed by atoms with E-state index in [0.717, 1.165) is 31.7 Å². The van der Waals surface area contributed by atoms with Gasteiger partial charge < -0.3 is 10.2 Å². The normalized spacial score (nSPS) is 14.1. The minimum Gasteiger partial charge on any atom is -0.336 e. The molecule has 1 N–H and O–H groups in total. The minimum absolute atomic E-state index is 0.145. The molecule has 1 fully saturated rings. The summed E-state index contributed by atoms with van der Waals surface area (Å²) in [7, 11) is 0. The predicted octanol–water partition coefficient (Wildman–Crippen LogP) is 1.81. The Labute approximate surface area is 119 Å². The Balaban J connectivity index is 0.000000205. The molecule has 104 valence electrons. The Morgan fingerprint density at radius 2 is 1.55 bits per heavy atom. The lowest BCUT2D eigenvalue weighted by molar-refractivity contribution is 0.0736. The first-order chi connectivity index (χ1) is 9.88. The van der Waals surface area contributed by atoms with Crippen LogP contribution in [0.3, 0.4) is 0 Å². The molecular weight excluding hydrogens is 250 g/mol. The van der Waals surface area contributed by atoms with Crippen LogP contribution in [-0.4, -0.2) is 42.0 Å². The van der Waals surface area contributed by atoms with Crippen LogP contribution in [0.2, 0.25) is 0 Å². The van der Waals surface area contributed by atoms with Crippen molar-refractivity contribution in [1.82, 2.24) is 15.2 Å². The van der Waals surface area contributed by atoms with Gasteiger partial charge in [-0.2, -0.15) is 0 Å². The maximum atomic E-state index is 11.9. The summed E-state index contributed by atoms with van der Waals surface area (Å²) in [6.07, 6.45) is 3.50. The van der Waals surface area contributed by atoms with Gasteiger partial charge >= 0.3 is 0 Å². The molecule has 1 aliphatic rings. The Hall–Kier alpha value is -2.20. The molecule has 4 nitrogen and oxygen atoms in total. The third kappa shape index (κ3) is 4.48. The van der Waals surface area contributed by atoms with Crippen molar-refractivity contribution in [2.24, 2.45) is 0 Å². The van der Waals surface area contributed by atoms with E-state index in [-0.39, 0.29) is 5.91 Å². The van der Waals surface area contributed by atoms with Crippen LogP contribution in [0.15, 0.2) is 60.9 Å². The van der Waals surface area contributed by atoms with Crippen molar-refractivity contribution in [2.45, 2.75) is 0 Å². The molecule has 1 amide bonds. The van der Waals surface area contributed by atoms with Gasteiger partial charge in [0.1, 0.15) is 0 Å². The number of pyridine rings is 1. The van der Waals surface area contributed by atoms with Crippen molar-refractivity contribution >= 4 is 5.91 Å². The van der Waals surface area contributed by atoms with Crippen LogP contribution >= 0.6 is 0 Å². The minimum atomic E-state index is 0.145. The van der Waals surface area contributed by atoms with Gasteiger partial charge in [-0.25, -0.2) is 0 Å². The first kappa shape index (κ1) is 14.2. The number of nitrogens with one attached hydrogen (secondary N) is 1. The first-order valence-electron chi connectivity index (χ1n) is 6.78. The summed E-state index contributed by atoms with van der Waals surface area (Å²) in [6.45, 7) is 3.43. The second kappa shape index (κ2) is 8.07. The highest BCUT2D eigenvalue weighted by atomic mass is 16.2. The number of piperazine rings is 1. The van der Waals surface area contributed by atoms with Crippen LogP contribution in [0.25, 0.3) is 0 Å². The largest absolute Gasteiger partial charge is 0.336 e. The Morgan fingerprint density at radius 3 is 2.05 bits per heavy atom. The zero-order valence-electron chi connectivity index (χ0n) is 11.4. The van der Waals surface area contributed by atoms with E-state index in [9.17, 15) is 4.79 Å². The van der Waals surface area contributed by atoms with Crippen LogP contribution in [0, 0.1) is 0 Å². The average molecular weight is 269 g/mol. The van der Waals surface area contributed by atoms with Gasteiger partial charge in [0.05, 0.1) is 0 Å². The van der Waals surface area contributed by atoms with Crippen LogP contribution in [-0.2, 0) is 0 Å². The first-order valence-corrected chi connectivity index (χ1v) is 6.78. The molecule has 0 bridgehead atoms. The number of hydrogen-bond acceptors (Lipinski definition) is 3. The fourth-order valence-corrected chi connectivity index (χ4v) is 1.94. The Bertz CT molecular complexity index is 469. The van der Waals surface area contributed by atoms with Gasteiger partial charge in [0.2, 0.25) is 0 Å². The Morgan fingerprint density at radius 1 is 0.950 bits per heavy atom. The molecule has 2 heterocycles. The molecule has 2 aromatic rings. The quantitative estimate of drug-likeness (QED) is 0.859. The van der Waals surface area contributed by atoms with Crippen LogP contribution in [0.1, 0.15) is 10.4 Å². The van der Waals surface area contributed by atoms with Crippen LogP contribution < -0.4 is 5.32 Å². The highest BCUT2D eigenvalue weighted by Crippen LogP contribution is 2.05. The van der Waals surface area contributed by atoms with Gasteiger partial charge in [-0.15, -0.1) is 0 Å². The standard InChI is InChI=1S/C11H14N2O.C5H5N/c14-11(10-4-2-1-3-5-10)13-8-6-12-7-9-13;1-2-4-6-5-3-1/h1-5,12H,6-9H2;1-5H. The van der Waals surface area contributed by atoms with E-state index in [4.69, 9.17) is 0 Å². The lowest BCUT2D eigenvalue weighted by Gasteiger charge is -2.27. The highest BCUT2D eigenvalue weighted by molar-refractivity contribution is 5.94. The maximum absolute atomic E-state index is 11.9. The van der Waals surface area contributed by atoms with Gasteiger partial charge in [-0.3, -0.25) is 9.78 Å². The van der Waals surface area contributed by atoms with Crippen molar-refractivity contribution in [1.29, 1.82) is 0 Å². The summed E-state index contributed by atoms with van der Waals surface area (Å²) in [4.78, 5) is 17.6. The van der Waals surface area contributed by atoms with Crippen molar-refractivity contribution < 1.29 is 4.79 Å². The van der Waals surface area contributed by atoms with Gasteiger partial charge in [-0.1, -0.05) is 24.3 Å². The molecule has 0 radical (unpaired) electrons. The van der Waals surface area contributed by atoms with Gasteiger partial charge in [0.25, 0.3) is 5.91 Å². The summed E-state index contributed by atoms with van der Waals surface area (Å²) >= 11 is 0. The second-order valence-electron chi connectivity index (χ2n) is 4.43. The molecule has 4 heteroatoms. The summed E-state index contributed by atoms with van der Waals surface area (Å²) in [5.74, 6) is 0.145. The summed E-state index contributed by atoms with van der Waals surface area (Å²) in [5, 5.41) is 3.23. The van der Waals surface area contributed by atoms with E-state index in [0.29, 0.717) is 0 Å². The molecule has 1 aromatic heterocycles. The number of benzene rings is 1. The summed E-state index contributed by atoms with van der Waals surface area (Å²) in [6, 6.07) is 15.2. The highest BCUT2D eigenvalue weighted by Gasteiger charge is 2.16. The fraction of sp³-hybridized carbons (Fsp3) is 0.250. The van der Waals surface area contributed by atoms with E-state index in [1.54, 1.807) is 12.4 Å². The summed E-state index contributed by atoms with van der Waals surface area (Å²) in [5.41, 5.74) is 0.786. The van der Waals surface area contributed by atoms with Crippen molar-refractivity contribution in [3.8, 4) is 0 Å². The summed E-state index contributed by atoms with van der Waals surface area (Å²) < 4.78 is 0. The predicted molar refractivity (Wildman–Crippen MR) is 79.5 cm³/mol. The molecule has 1 saturated heterocycles. The number of carbonyl (C=O) groups is 1. The molecular formula is C16H19N3O. The van der Waals surface area contributed by atoms with E-state index >= 15 is 0 Å². The average Bonchev–Trinajstić information content (AvgIpc) is 2.58. The third-order valence-corrected chi connectivity index (χ3v) is 2.99. The molecule has 0 unspecified atom stereocenters. The van der Waals surface area contributed by atoms with Gasteiger partial charge in [-0.05, 0) is 24.3 Å². The van der Waals surface area contributed by atoms with E-state index in [1.807, 2.05) is 53.4 Å². The van der Waals surface area contributed by atoms with Crippen molar-refractivity contribution in [3.63, 3.8) is 0 Å². The lowest BCUT2D eigenvalue weighted by atomic mass is 10.2. The second-order valence-corrected chi connectivity index (χ2v) is 4.43. The van der Waals surface area contributed by atoms with E-state index in [1.165, 1.54) is 0 Å². The van der Waals surface area contributed by atoms with Crippen molar-refractivity contribution in [2.75, 3.05) is 26.2 Å². The molecule has 20 heavy (non-hydrogen) atoms. The van der Waals surface area contributed by atoms with Crippen LogP contribution in [0.4, 0.5) is 0 Å². The number of aromatic nitrogens is 1. The fourth-order valence-electron chi connectivity index (χ4n) is 1.94. The Kier molecular flexibility index (Phi) is 5.73. The molecule has 1 aromatic carbocycles. The number of hydrogen-bond donors (Lipinski definition) is 1. The molecule has 0 spiro atoms. The number of carbonyl (C=O) groups excluding carboxylic acids is 1. The number of amides is 1. The van der Waals surface area contributed by atoms with Crippen LogP contribution in [0.5, 0.6) is 0 Å². The zero-order valence-corrected chi connectivity index (χ0v) is 11.4. The van der Waals surface area contributed by atoms with E-state index in [2.05, 4.69) is 10.3 Å². The monoisotopic (exact) mass is 269 g/mol. The SMILES string of the molecule is O=C(c1ccccc1)N1CCNCC1.c1ccncc1. The van der Waals surface area contributed by atoms with E-state index < -0.39 is 0 Å². The molecule has 0 saturated carbocycles. The lowest BCUT2D eigenvalue weighted by Crippen LogP contribution is -2.46. The number of rotatable bonds is 1. The molecule has 0 atom stereocenters. The topological polar surface area (TPSA) is 45.2 Å². The maximum Gasteiger partial charge on any atom is 0.253 e. The zero-order chi connectivity index (χ0) is 14.0. The smallest absolute Gasteiger partial charge is 0.253 e. The van der Waals surface area contributed by atoms with Gasteiger partial charge in [0, 0.05) is 44.1 Å². The molecule has 3 rings (SSSR count). The molecule has 0 aliphatic carbocycles. The van der Waals surface area contributed by atoms with Gasteiger partial charge in [0.15, 0.2) is 0 Å².